The Labute approximate surface area is 124 Å². The van der Waals surface area contributed by atoms with Crippen LogP contribution in [0.15, 0.2) is 15.9 Å². The monoisotopic (exact) mass is 339 g/mol. The number of rotatable bonds is 3. The van der Waals surface area contributed by atoms with E-state index in [1.165, 1.54) is 0 Å². The normalized spacial score (nSPS) is 14.2. The molecule has 0 fully saturated rings. The molecular formula is C13H14BrN3OS. The van der Waals surface area contributed by atoms with Gasteiger partial charge in [0.2, 0.25) is 0 Å². The number of halogens is 1. The first-order valence-electron chi connectivity index (χ1n) is 6.23. The number of nitrogens with one attached hydrogen (secondary N) is 1. The van der Waals surface area contributed by atoms with Gasteiger partial charge < -0.3 is 10.1 Å². The van der Waals surface area contributed by atoms with E-state index >= 15 is 0 Å². The molecule has 0 radical (unpaired) electrons. The van der Waals surface area contributed by atoms with Gasteiger partial charge in [-0.05, 0) is 28.9 Å². The van der Waals surface area contributed by atoms with Crippen molar-refractivity contribution in [3.05, 3.63) is 27.2 Å². The molecule has 100 valence electrons. The third kappa shape index (κ3) is 2.66. The molecule has 2 aromatic heterocycles. The molecule has 0 bridgehead atoms. The highest BCUT2D eigenvalue weighted by atomic mass is 79.9. The van der Waals surface area contributed by atoms with E-state index in [1.54, 1.807) is 11.3 Å². The molecule has 0 amide bonds. The summed E-state index contributed by atoms with van der Waals surface area (Å²) in [6, 6.07) is 2.06. The van der Waals surface area contributed by atoms with Crippen LogP contribution >= 0.6 is 27.3 Å². The van der Waals surface area contributed by atoms with Crippen LogP contribution in [-0.2, 0) is 17.8 Å². The number of anilines is 1. The van der Waals surface area contributed by atoms with Crippen molar-refractivity contribution in [3.8, 4) is 10.7 Å². The first-order valence-corrected chi connectivity index (χ1v) is 7.91. The molecular weight excluding hydrogens is 326 g/mol. The van der Waals surface area contributed by atoms with Crippen molar-refractivity contribution >= 4 is 33.1 Å². The molecule has 0 aliphatic carbocycles. The first kappa shape index (κ1) is 13.0. The molecule has 2 aromatic rings. The zero-order valence-corrected chi connectivity index (χ0v) is 13.0. The molecule has 0 atom stereocenters. The van der Waals surface area contributed by atoms with E-state index in [0.29, 0.717) is 6.61 Å². The molecule has 1 aliphatic heterocycles. The fourth-order valence-corrected chi connectivity index (χ4v) is 3.45. The first-order chi connectivity index (χ1) is 9.28. The van der Waals surface area contributed by atoms with Gasteiger partial charge in [0.1, 0.15) is 5.82 Å². The molecule has 3 rings (SSSR count). The second kappa shape index (κ2) is 5.56. The highest BCUT2D eigenvalue weighted by Gasteiger charge is 2.19. The van der Waals surface area contributed by atoms with Gasteiger partial charge in [0.15, 0.2) is 5.82 Å². The predicted octanol–water partition coefficient (Wildman–Crippen LogP) is 3.47. The Morgan fingerprint density at radius 1 is 1.47 bits per heavy atom. The third-order valence-corrected chi connectivity index (χ3v) is 4.64. The van der Waals surface area contributed by atoms with Crippen molar-refractivity contribution in [1.29, 1.82) is 0 Å². The number of hydrogen-bond donors (Lipinski definition) is 1. The quantitative estimate of drug-likeness (QED) is 0.929. The Bertz CT molecular complexity index is 600. The summed E-state index contributed by atoms with van der Waals surface area (Å²) in [5.74, 6) is 1.71. The number of nitrogens with zero attached hydrogens (tertiary/aromatic N) is 2. The van der Waals surface area contributed by atoms with Crippen molar-refractivity contribution in [3.63, 3.8) is 0 Å². The van der Waals surface area contributed by atoms with Gasteiger partial charge >= 0.3 is 0 Å². The number of thiophene rings is 1. The lowest BCUT2D eigenvalue weighted by Crippen LogP contribution is -2.17. The van der Waals surface area contributed by atoms with Crippen LogP contribution < -0.4 is 5.32 Å². The minimum absolute atomic E-state index is 0.603. The van der Waals surface area contributed by atoms with Gasteiger partial charge in [-0.3, -0.25) is 0 Å². The minimum atomic E-state index is 0.603. The Balaban J connectivity index is 2.08. The highest BCUT2D eigenvalue weighted by molar-refractivity contribution is 9.10. The third-order valence-electron chi connectivity index (χ3n) is 2.95. The molecule has 0 saturated heterocycles. The average molecular weight is 340 g/mol. The highest BCUT2D eigenvalue weighted by Crippen LogP contribution is 2.31. The van der Waals surface area contributed by atoms with Crippen LogP contribution in [0.25, 0.3) is 10.7 Å². The summed E-state index contributed by atoms with van der Waals surface area (Å²) in [5.41, 5.74) is 2.21. The summed E-state index contributed by atoms with van der Waals surface area (Å²) in [4.78, 5) is 10.4. The fraction of sp³-hybridized carbons (Fsp3) is 0.385. The van der Waals surface area contributed by atoms with Crippen LogP contribution in [0.5, 0.6) is 0 Å². The Morgan fingerprint density at radius 3 is 3.11 bits per heavy atom. The van der Waals surface area contributed by atoms with Gasteiger partial charge in [0.25, 0.3) is 0 Å². The topological polar surface area (TPSA) is 47.0 Å². The number of ether oxygens (including phenoxy) is 1. The van der Waals surface area contributed by atoms with Crippen LogP contribution in [0.4, 0.5) is 5.82 Å². The number of fused-ring (bicyclic) bond motifs is 1. The molecule has 1 N–H and O–H groups in total. The second-order valence-electron chi connectivity index (χ2n) is 4.28. The summed E-state index contributed by atoms with van der Waals surface area (Å²) in [6.45, 7) is 4.26. The Morgan fingerprint density at radius 2 is 2.37 bits per heavy atom. The van der Waals surface area contributed by atoms with E-state index in [9.17, 15) is 0 Å². The van der Waals surface area contributed by atoms with Crippen LogP contribution in [-0.4, -0.2) is 23.1 Å². The van der Waals surface area contributed by atoms with Crippen LogP contribution in [0.3, 0.4) is 0 Å². The second-order valence-corrected chi connectivity index (χ2v) is 6.11. The lowest BCUT2D eigenvalue weighted by molar-refractivity contribution is 0.109. The summed E-state index contributed by atoms with van der Waals surface area (Å²) in [6.07, 6.45) is 0.857. The SMILES string of the molecule is CCNc1nc(-c2cc(Br)cs2)nc2c1COCC2. The smallest absolute Gasteiger partial charge is 0.171 e. The van der Waals surface area contributed by atoms with Crippen molar-refractivity contribution in [2.24, 2.45) is 0 Å². The maximum atomic E-state index is 5.51. The molecule has 0 saturated carbocycles. The average Bonchev–Trinajstić information content (AvgIpc) is 2.86. The van der Waals surface area contributed by atoms with E-state index < -0.39 is 0 Å². The number of aromatic nitrogens is 2. The maximum Gasteiger partial charge on any atom is 0.171 e. The lowest BCUT2D eigenvalue weighted by Gasteiger charge is -2.19. The van der Waals surface area contributed by atoms with Gasteiger partial charge in [-0.25, -0.2) is 9.97 Å². The van der Waals surface area contributed by atoms with Crippen LogP contribution in [0, 0.1) is 0 Å². The number of hydrogen-bond acceptors (Lipinski definition) is 5. The largest absolute Gasteiger partial charge is 0.376 e. The van der Waals surface area contributed by atoms with Crippen molar-refractivity contribution in [2.45, 2.75) is 20.0 Å². The molecule has 3 heterocycles. The van der Waals surface area contributed by atoms with Gasteiger partial charge in [0, 0.05) is 28.4 Å². The van der Waals surface area contributed by atoms with Gasteiger partial charge in [-0.1, -0.05) is 0 Å². The predicted molar refractivity (Wildman–Crippen MR) is 80.6 cm³/mol. The van der Waals surface area contributed by atoms with Crippen molar-refractivity contribution < 1.29 is 4.74 Å². The van der Waals surface area contributed by atoms with Crippen molar-refractivity contribution in [1.82, 2.24) is 9.97 Å². The van der Waals surface area contributed by atoms with Crippen LogP contribution in [0.2, 0.25) is 0 Å². The molecule has 0 spiro atoms. The fourth-order valence-electron chi connectivity index (χ4n) is 2.09. The van der Waals surface area contributed by atoms with Crippen molar-refractivity contribution in [2.75, 3.05) is 18.5 Å². The van der Waals surface area contributed by atoms with E-state index in [4.69, 9.17) is 9.72 Å². The maximum absolute atomic E-state index is 5.51. The van der Waals surface area contributed by atoms with Gasteiger partial charge in [-0.2, -0.15) is 0 Å². The standard InChI is InChI=1S/C13H14BrN3OS/c1-2-15-12-9-6-18-4-3-10(9)16-13(17-12)11-5-8(14)7-19-11/h5,7H,2-4,6H2,1H3,(H,15,16,17). The summed E-state index contributed by atoms with van der Waals surface area (Å²) in [5, 5.41) is 5.36. The zero-order valence-electron chi connectivity index (χ0n) is 10.6. The lowest BCUT2D eigenvalue weighted by atomic mass is 10.1. The molecule has 4 nitrogen and oxygen atoms in total. The molecule has 0 aromatic carbocycles. The van der Waals surface area contributed by atoms with Gasteiger partial charge in [0.05, 0.1) is 23.8 Å². The summed E-state index contributed by atoms with van der Waals surface area (Å²) in [7, 11) is 0. The van der Waals surface area contributed by atoms with Gasteiger partial charge in [-0.15, -0.1) is 11.3 Å². The van der Waals surface area contributed by atoms with E-state index in [0.717, 1.165) is 51.8 Å². The molecule has 19 heavy (non-hydrogen) atoms. The molecule has 6 heteroatoms. The summed E-state index contributed by atoms with van der Waals surface area (Å²) >= 11 is 5.12. The van der Waals surface area contributed by atoms with E-state index in [2.05, 4.69) is 39.2 Å². The van der Waals surface area contributed by atoms with E-state index in [1.807, 2.05) is 5.38 Å². The van der Waals surface area contributed by atoms with Crippen LogP contribution in [0.1, 0.15) is 18.2 Å². The minimum Gasteiger partial charge on any atom is -0.376 e. The summed E-state index contributed by atoms with van der Waals surface area (Å²) < 4.78 is 6.58. The molecule has 1 aliphatic rings. The Kier molecular flexibility index (Phi) is 3.81. The molecule has 0 unspecified atom stereocenters. The Hall–Kier alpha value is -0.980. The van der Waals surface area contributed by atoms with E-state index in [-0.39, 0.29) is 0 Å². The zero-order chi connectivity index (χ0) is 13.2.